The van der Waals surface area contributed by atoms with Gasteiger partial charge in [0, 0.05) is 18.4 Å². The quantitative estimate of drug-likeness (QED) is 0.634. The SMILES string of the molecule is CCCCN1C(=O)C(=CC=C2CC(C)(C)C[NH+]2C)SC1=S. The molecular weight excluding hydrogens is 300 g/mol. The first kappa shape index (κ1) is 16.7. The van der Waals surface area contributed by atoms with Gasteiger partial charge in [-0.15, -0.1) is 0 Å². The molecule has 0 saturated carbocycles. The zero-order chi connectivity index (χ0) is 15.6. The van der Waals surface area contributed by atoms with Crippen LogP contribution in [0.5, 0.6) is 0 Å². The van der Waals surface area contributed by atoms with Crippen molar-refractivity contribution in [1.82, 2.24) is 4.90 Å². The van der Waals surface area contributed by atoms with Gasteiger partial charge in [-0.2, -0.15) is 0 Å². The van der Waals surface area contributed by atoms with Gasteiger partial charge in [0.1, 0.15) is 10.0 Å². The number of hydrogen-bond donors (Lipinski definition) is 1. The predicted molar refractivity (Wildman–Crippen MR) is 93.1 cm³/mol. The molecule has 0 aromatic rings. The van der Waals surface area contributed by atoms with Gasteiger partial charge in [0.15, 0.2) is 0 Å². The maximum atomic E-state index is 12.3. The molecule has 2 saturated heterocycles. The van der Waals surface area contributed by atoms with Gasteiger partial charge in [-0.25, -0.2) is 0 Å². The third-order valence-corrected chi connectivity index (χ3v) is 5.40. The van der Waals surface area contributed by atoms with Gasteiger partial charge in [0.05, 0.1) is 18.5 Å². The summed E-state index contributed by atoms with van der Waals surface area (Å²) in [5.74, 6) is 0.0743. The van der Waals surface area contributed by atoms with Gasteiger partial charge in [-0.3, -0.25) is 9.69 Å². The summed E-state index contributed by atoms with van der Waals surface area (Å²) < 4.78 is 0.700. The van der Waals surface area contributed by atoms with Crippen LogP contribution in [0.1, 0.15) is 40.0 Å². The fourth-order valence-corrected chi connectivity index (χ4v) is 4.21. The van der Waals surface area contributed by atoms with E-state index in [1.807, 2.05) is 6.08 Å². The molecule has 2 heterocycles. The largest absolute Gasteiger partial charge is 0.308 e. The number of amides is 1. The standard InChI is InChI=1S/C16H24N2OS2/c1-5-6-9-18-14(19)13(21-15(18)20)8-7-12-10-16(2,3)11-17(12)4/h7-8H,5-6,9-11H2,1-4H3/p+1. The molecule has 0 aromatic carbocycles. The van der Waals surface area contributed by atoms with Crippen LogP contribution in [0.25, 0.3) is 0 Å². The molecule has 2 fully saturated rings. The van der Waals surface area contributed by atoms with Gasteiger partial charge in [-0.1, -0.05) is 51.2 Å². The summed E-state index contributed by atoms with van der Waals surface area (Å²) in [6, 6.07) is 0. The summed E-state index contributed by atoms with van der Waals surface area (Å²) in [6.07, 6.45) is 7.25. The number of hydrogen-bond acceptors (Lipinski definition) is 3. The highest BCUT2D eigenvalue weighted by Crippen LogP contribution is 2.32. The van der Waals surface area contributed by atoms with Crippen LogP contribution in [0.2, 0.25) is 0 Å². The van der Waals surface area contributed by atoms with Crippen molar-refractivity contribution in [3.05, 3.63) is 22.8 Å². The van der Waals surface area contributed by atoms with Crippen molar-refractivity contribution in [2.24, 2.45) is 5.41 Å². The van der Waals surface area contributed by atoms with Crippen molar-refractivity contribution in [3.63, 3.8) is 0 Å². The monoisotopic (exact) mass is 325 g/mol. The summed E-state index contributed by atoms with van der Waals surface area (Å²) in [5.41, 5.74) is 1.72. The molecular formula is C16H25N2OS2+. The average molecular weight is 326 g/mol. The highest BCUT2D eigenvalue weighted by atomic mass is 32.2. The third kappa shape index (κ3) is 3.96. The van der Waals surface area contributed by atoms with Crippen LogP contribution in [-0.2, 0) is 4.79 Å². The van der Waals surface area contributed by atoms with E-state index >= 15 is 0 Å². The van der Waals surface area contributed by atoms with Crippen molar-refractivity contribution in [1.29, 1.82) is 0 Å². The van der Waals surface area contributed by atoms with E-state index in [4.69, 9.17) is 12.2 Å². The van der Waals surface area contributed by atoms with E-state index in [0.717, 1.165) is 37.3 Å². The summed E-state index contributed by atoms with van der Waals surface area (Å²) in [7, 11) is 2.20. The second-order valence-electron chi connectivity index (χ2n) is 6.70. The molecule has 0 aromatic heterocycles. The summed E-state index contributed by atoms with van der Waals surface area (Å²) in [5, 5.41) is 0. The first-order valence-electron chi connectivity index (χ1n) is 7.61. The number of allylic oxidation sites excluding steroid dienone is 3. The molecule has 0 spiro atoms. The molecule has 2 aliphatic rings. The highest BCUT2D eigenvalue weighted by Gasteiger charge is 2.35. The lowest BCUT2D eigenvalue weighted by Gasteiger charge is -2.12. The fraction of sp³-hybridized carbons (Fsp3) is 0.625. The van der Waals surface area contributed by atoms with Crippen molar-refractivity contribution >= 4 is 34.2 Å². The fourth-order valence-electron chi connectivity index (χ4n) is 2.96. The molecule has 116 valence electrons. The number of rotatable bonds is 4. The molecule has 5 heteroatoms. The number of nitrogens with zero attached hydrogens (tertiary/aromatic N) is 1. The molecule has 1 N–H and O–H groups in total. The summed E-state index contributed by atoms with van der Waals surface area (Å²) in [4.78, 5) is 16.3. The van der Waals surface area contributed by atoms with E-state index in [9.17, 15) is 4.79 Å². The Balaban J connectivity index is 2.09. The third-order valence-electron chi connectivity index (χ3n) is 4.01. The Bertz CT molecular complexity index is 508. The highest BCUT2D eigenvalue weighted by molar-refractivity contribution is 8.26. The van der Waals surface area contributed by atoms with Gasteiger partial charge in [0.25, 0.3) is 5.91 Å². The Hall–Kier alpha value is -0.650. The van der Waals surface area contributed by atoms with Crippen LogP contribution < -0.4 is 4.90 Å². The Morgan fingerprint density at radius 2 is 2.14 bits per heavy atom. The van der Waals surface area contributed by atoms with Crippen LogP contribution in [0, 0.1) is 5.41 Å². The van der Waals surface area contributed by atoms with Gasteiger partial charge < -0.3 is 4.90 Å². The Morgan fingerprint density at radius 1 is 1.43 bits per heavy atom. The molecule has 1 atom stereocenters. The van der Waals surface area contributed by atoms with Gasteiger partial charge in [-0.05, 0) is 18.6 Å². The van der Waals surface area contributed by atoms with Crippen molar-refractivity contribution in [2.75, 3.05) is 20.1 Å². The van der Waals surface area contributed by atoms with E-state index in [-0.39, 0.29) is 5.91 Å². The average Bonchev–Trinajstić information content (AvgIpc) is 2.81. The normalized spacial score (nSPS) is 29.1. The van der Waals surface area contributed by atoms with Crippen LogP contribution in [0.3, 0.4) is 0 Å². The van der Waals surface area contributed by atoms with Gasteiger partial charge in [0.2, 0.25) is 0 Å². The van der Waals surface area contributed by atoms with Crippen LogP contribution in [0.15, 0.2) is 22.8 Å². The maximum absolute atomic E-state index is 12.3. The van der Waals surface area contributed by atoms with Crippen LogP contribution >= 0.6 is 24.0 Å². The van der Waals surface area contributed by atoms with Crippen molar-refractivity contribution < 1.29 is 9.69 Å². The first-order chi connectivity index (χ1) is 9.84. The maximum Gasteiger partial charge on any atom is 0.266 e. The summed E-state index contributed by atoms with van der Waals surface area (Å²) in [6.45, 7) is 8.60. The number of likely N-dealkylation sites (tertiary alicyclic amines) is 1. The van der Waals surface area contributed by atoms with Crippen molar-refractivity contribution in [3.8, 4) is 0 Å². The van der Waals surface area contributed by atoms with E-state index < -0.39 is 0 Å². The Morgan fingerprint density at radius 3 is 2.71 bits per heavy atom. The lowest BCUT2D eigenvalue weighted by molar-refractivity contribution is -0.832. The molecule has 2 rings (SSSR count). The van der Waals surface area contributed by atoms with E-state index in [1.165, 1.54) is 22.4 Å². The molecule has 0 bridgehead atoms. The smallest absolute Gasteiger partial charge is 0.266 e. The Kier molecular flexibility index (Phi) is 5.28. The first-order valence-corrected chi connectivity index (χ1v) is 8.84. The predicted octanol–water partition coefficient (Wildman–Crippen LogP) is 2.36. The molecule has 1 amide bonds. The lowest BCUT2D eigenvalue weighted by Crippen LogP contribution is -3.05. The number of thiocarbonyl (C=S) groups is 1. The van der Waals surface area contributed by atoms with Crippen LogP contribution in [-0.4, -0.2) is 35.3 Å². The minimum absolute atomic E-state index is 0.0743. The number of quaternary nitrogens is 1. The summed E-state index contributed by atoms with van der Waals surface area (Å²) >= 11 is 6.75. The number of carbonyl (C=O) groups is 1. The minimum Gasteiger partial charge on any atom is -0.308 e. The topological polar surface area (TPSA) is 24.8 Å². The zero-order valence-electron chi connectivity index (χ0n) is 13.4. The van der Waals surface area contributed by atoms with E-state index in [2.05, 4.69) is 33.9 Å². The van der Waals surface area contributed by atoms with Gasteiger partial charge >= 0.3 is 0 Å². The van der Waals surface area contributed by atoms with Crippen LogP contribution in [0.4, 0.5) is 0 Å². The molecule has 21 heavy (non-hydrogen) atoms. The lowest BCUT2D eigenvalue weighted by atomic mass is 9.92. The molecule has 1 unspecified atom stereocenters. The second kappa shape index (κ2) is 6.63. The molecule has 2 aliphatic heterocycles. The molecule has 0 radical (unpaired) electrons. The van der Waals surface area contributed by atoms with Crippen molar-refractivity contribution in [2.45, 2.75) is 40.0 Å². The second-order valence-corrected chi connectivity index (χ2v) is 8.37. The zero-order valence-corrected chi connectivity index (χ0v) is 15.0. The minimum atomic E-state index is 0.0743. The van der Waals surface area contributed by atoms with E-state index in [1.54, 1.807) is 4.90 Å². The number of unbranched alkanes of at least 4 members (excludes halogenated alkanes) is 1. The van der Waals surface area contributed by atoms with E-state index in [0.29, 0.717) is 9.74 Å². The molecule has 3 nitrogen and oxygen atoms in total. The number of carbonyl (C=O) groups excluding carboxylic acids is 1. The number of thioether (sulfide) groups is 1. The Labute approximate surface area is 137 Å². The number of nitrogens with one attached hydrogen (secondary N) is 1. The molecule has 0 aliphatic carbocycles.